The molecule has 2 amide bonds. The van der Waals surface area contributed by atoms with Gasteiger partial charge >= 0.3 is 0 Å². The van der Waals surface area contributed by atoms with Gasteiger partial charge in [0.1, 0.15) is 11.4 Å². The van der Waals surface area contributed by atoms with Gasteiger partial charge in [0, 0.05) is 22.4 Å². The van der Waals surface area contributed by atoms with E-state index in [-0.39, 0.29) is 23.2 Å². The first-order chi connectivity index (χ1) is 12.5. The van der Waals surface area contributed by atoms with Crippen LogP contribution in [-0.2, 0) is 4.79 Å². The number of rotatable bonds is 4. The Bertz CT molecular complexity index is 797. The van der Waals surface area contributed by atoms with Crippen LogP contribution in [0.15, 0.2) is 54.6 Å². The van der Waals surface area contributed by atoms with Gasteiger partial charge in [-0.3, -0.25) is 9.59 Å². The number of hydrogen-bond acceptors (Lipinski definition) is 3. The zero-order valence-corrected chi connectivity index (χ0v) is 16.3. The first kappa shape index (κ1) is 18.8. The predicted molar refractivity (Wildman–Crippen MR) is 106 cm³/mol. The second kappa shape index (κ2) is 8.14. The molecule has 2 aromatic carbocycles. The van der Waals surface area contributed by atoms with Crippen molar-refractivity contribution < 1.29 is 9.59 Å². The monoisotopic (exact) mass is 388 g/mol. The predicted octanol–water partition coefficient (Wildman–Crippen LogP) is 4.12. The van der Waals surface area contributed by atoms with Crippen molar-refractivity contribution in [1.82, 2.24) is 10.2 Å². The third-order valence-corrected chi connectivity index (χ3v) is 5.68. The fraction of sp³-hybridized carbons (Fsp3) is 0.300. The van der Waals surface area contributed by atoms with Gasteiger partial charge in [-0.1, -0.05) is 41.9 Å². The first-order valence-corrected chi connectivity index (χ1v) is 9.95. The number of nitrogens with zero attached hydrogens (tertiary/aromatic N) is 1. The largest absolute Gasteiger partial charge is 0.352 e. The third-order valence-electron chi connectivity index (χ3n) is 4.12. The zero-order chi connectivity index (χ0) is 18.7. The highest BCUT2D eigenvalue weighted by Gasteiger charge is 2.42. The Morgan fingerprint density at radius 2 is 1.88 bits per heavy atom. The van der Waals surface area contributed by atoms with E-state index in [1.54, 1.807) is 34.9 Å². The van der Waals surface area contributed by atoms with Gasteiger partial charge in [0.15, 0.2) is 0 Å². The molecule has 0 radical (unpaired) electrons. The van der Waals surface area contributed by atoms with Crippen LogP contribution in [0.5, 0.6) is 0 Å². The summed E-state index contributed by atoms with van der Waals surface area (Å²) in [6, 6.07) is 16.0. The van der Waals surface area contributed by atoms with Crippen molar-refractivity contribution in [3.8, 4) is 0 Å². The minimum absolute atomic E-state index is 0.0198. The molecule has 6 heteroatoms. The van der Waals surface area contributed by atoms with Crippen molar-refractivity contribution >= 4 is 35.2 Å². The molecule has 26 heavy (non-hydrogen) atoms. The molecule has 1 aliphatic rings. The molecule has 0 bridgehead atoms. The summed E-state index contributed by atoms with van der Waals surface area (Å²) in [5.41, 5.74) is 1.50. The Labute approximate surface area is 162 Å². The molecule has 1 aliphatic heterocycles. The molecule has 3 rings (SSSR count). The molecule has 0 aliphatic carbocycles. The summed E-state index contributed by atoms with van der Waals surface area (Å²) < 4.78 is 0. The number of benzene rings is 2. The number of amides is 2. The maximum absolute atomic E-state index is 13.2. The lowest BCUT2D eigenvalue weighted by atomic mass is 10.1. The van der Waals surface area contributed by atoms with Crippen LogP contribution in [0.1, 0.15) is 35.1 Å². The van der Waals surface area contributed by atoms with Gasteiger partial charge in [-0.2, -0.15) is 0 Å². The number of halogens is 1. The standard InChI is InChI=1S/C20H21ClN2O2S/c1-13(2)22-18(24)17-12-26-20(15-9-6-10-16(21)11-15)23(17)19(25)14-7-4-3-5-8-14/h3-11,13,17,20H,12H2,1-2H3,(H,22,24). The summed E-state index contributed by atoms with van der Waals surface area (Å²) in [4.78, 5) is 27.6. The zero-order valence-electron chi connectivity index (χ0n) is 14.7. The van der Waals surface area contributed by atoms with Gasteiger partial charge in [-0.05, 0) is 43.7 Å². The van der Waals surface area contributed by atoms with Crippen molar-refractivity contribution in [2.24, 2.45) is 0 Å². The maximum atomic E-state index is 13.2. The Hall–Kier alpha value is -1.98. The highest BCUT2D eigenvalue weighted by Crippen LogP contribution is 2.42. The molecule has 2 atom stereocenters. The molecule has 0 saturated carbocycles. The lowest BCUT2D eigenvalue weighted by Gasteiger charge is -2.29. The van der Waals surface area contributed by atoms with Crippen LogP contribution in [-0.4, -0.2) is 34.6 Å². The van der Waals surface area contributed by atoms with E-state index in [9.17, 15) is 9.59 Å². The Balaban J connectivity index is 1.96. The van der Waals surface area contributed by atoms with Crippen LogP contribution in [0.2, 0.25) is 5.02 Å². The van der Waals surface area contributed by atoms with Crippen molar-refractivity contribution in [1.29, 1.82) is 0 Å². The fourth-order valence-corrected chi connectivity index (χ4v) is 4.60. The fourth-order valence-electron chi connectivity index (χ4n) is 2.98. The Kier molecular flexibility index (Phi) is 5.89. The Morgan fingerprint density at radius 3 is 2.54 bits per heavy atom. The second-order valence-corrected chi connectivity index (χ2v) is 8.05. The molecule has 1 saturated heterocycles. The van der Waals surface area contributed by atoms with Crippen LogP contribution in [0.3, 0.4) is 0 Å². The van der Waals surface area contributed by atoms with E-state index in [2.05, 4.69) is 5.32 Å². The summed E-state index contributed by atoms with van der Waals surface area (Å²) >= 11 is 7.73. The molecule has 0 spiro atoms. The number of carbonyl (C=O) groups is 2. The topological polar surface area (TPSA) is 49.4 Å². The number of carbonyl (C=O) groups excluding carboxylic acids is 2. The van der Waals surface area contributed by atoms with Gasteiger partial charge in [0.05, 0.1) is 0 Å². The molecule has 1 fully saturated rings. The maximum Gasteiger partial charge on any atom is 0.255 e. The van der Waals surface area contributed by atoms with E-state index in [1.807, 2.05) is 50.2 Å². The lowest BCUT2D eigenvalue weighted by Crippen LogP contribution is -2.49. The number of hydrogen-bond donors (Lipinski definition) is 1. The number of nitrogens with one attached hydrogen (secondary N) is 1. The van der Waals surface area contributed by atoms with Crippen molar-refractivity contribution in [3.05, 3.63) is 70.7 Å². The van der Waals surface area contributed by atoms with Gasteiger partial charge < -0.3 is 10.2 Å². The molecule has 136 valence electrons. The van der Waals surface area contributed by atoms with Gasteiger partial charge in [0.2, 0.25) is 5.91 Å². The summed E-state index contributed by atoms with van der Waals surface area (Å²) in [6.45, 7) is 3.83. The van der Waals surface area contributed by atoms with E-state index in [0.29, 0.717) is 16.3 Å². The lowest BCUT2D eigenvalue weighted by molar-refractivity contribution is -0.125. The highest BCUT2D eigenvalue weighted by molar-refractivity contribution is 7.99. The molecule has 1 N–H and O–H groups in total. The van der Waals surface area contributed by atoms with E-state index < -0.39 is 6.04 Å². The Morgan fingerprint density at radius 1 is 1.15 bits per heavy atom. The molecule has 2 unspecified atom stereocenters. The molecule has 1 heterocycles. The van der Waals surface area contributed by atoms with Crippen molar-refractivity contribution in [2.75, 3.05) is 5.75 Å². The van der Waals surface area contributed by atoms with Crippen LogP contribution >= 0.6 is 23.4 Å². The van der Waals surface area contributed by atoms with Gasteiger partial charge in [-0.15, -0.1) is 11.8 Å². The van der Waals surface area contributed by atoms with E-state index >= 15 is 0 Å². The first-order valence-electron chi connectivity index (χ1n) is 8.52. The third kappa shape index (κ3) is 4.05. The normalized spacial score (nSPS) is 19.6. The second-order valence-electron chi connectivity index (χ2n) is 6.50. The SMILES string of the molecule is CC(C)NC(=O)C1CSC(c2cccc(Cl)c2)N1C(=O)c1ccccc1. The van der Waals surface area contributed by atoms with Crippen molar-refractivity contribution in [2.45, 2.75) is 31.3 Å². The molecule has 2 aromatic rings. The molecular weight excluding hydrogens is 368 g/mol. The number of thioether (sulfide) groups is 1. The highest BCUT2D eigenvalue weighted by atomic mass is 35.5. The van der Waals surface area contributed by atoms with Gasteiger partial charge in [-0.25, -0.2) is 0 Å². The van der Waals surface area contributed by atoms with Crippen LogP contribution in [0, 0.1) is 0 Å². The van der Waals surface area contributed by atoms with Crippen molar-refractivity contribution in [3.63, 3.8) is 0 Å². The molecule has 4 nitrogen and oxygen atoms in total. The van der Waals surface area contributed by atoms with Crippen LogP contribution in [0.25, 0.3) is 0 Å². The van der Waals surface area contributed by atoms with Crippen LogP contribution < -0.4 is 5.32 Å². The quantitative estimate of drug-likeness (QED) is 0.857. The van der Waals surface area contributed by atoms with E-state index in [4.69, 9.17) is 11.6 Å². The average molecular weight is 389 g/mol. The van der Waals surface area contributed by atoms with Gasteiger partial charge in [0.25, 0.3) is 5.91 Å². The summed E-state index contributed by atoms with van der Waals surface area (Å²) in [5, 5.41) is 3.30. The smallest absolute Gasteiger partial charge is 0.255 e. The van der Waals surface area contributed by atoms with Crippen LogP contribution in [0.4, 0.5) is 0 Å². The summed E-state index contributed by atoms with van der Waals surface area (Å²) in [5.74, 6) is 0.277. The minimum atomic E-state index is -0.515. The minimum Gasteiger partial charge on any atom is -0.352 e. The van der Waals surface area contributed by atoms with E-state index in [0.717, 1.165) is 5.56 Å². The average Bonchev–Trinajstić information content (AvgIpc) is 3.06. The molecule has 0 aromatic heterocycles. The summed E-state index contributed by atoms with van der Waals surface area (Å²) in [7, 11) is 0. The molecular formula is C20H21ClN2O2S. The summed E-state index contributed by atoms with van der Waals surface area (Å²) in [6.07, 6.45) is 0. The van der Waals surface area contributed by atoms with E-state index in [1.165, 1.54) is 0 Å².